The molecule has 0 amide bonds. The predicted molar refractivity (Wildman–Crippen MR) is 217 cm³/mol. The van der Waals surface area contributed by atoms with E-state index in [1.54, 1.807) is 24.3 Å². The number of ether oxygens (including phenoxy) is 8. The Bertz CT molecular complexity index is 1780. The zero-order valence-electron chi connectivity index (χ0n) is 35.8. The number of esters is 3. The minimum absolute atomic E-state index is 0.0236. The van der Waals surface area contributed by atoms with Crippen molar-refractivity contribution < 1.29 is 66.6 Å². The van der Waals surface area contributed by atoms with Crippen LogP contribution in [0.1, 0.15) is 65.5 Å². The molecule has 2 fully saturated rings. The van der Waals surface area contributed by atoms with Gasteiger partial charge in [0.2, 0.25) is 0 Å². The van der Waals surface area contributed by atoms with Crippen LogP contribution in [0, 0.1) is 5.92 Å². The summed E-state index contributed by atoms with van der Waals surface area (Å²) in [6.07, 6.45) is -13.4. The number of Topliss-reactive ketones (excluding diaryl/α,β-unsaturated/α-hetero) is 1. The van der Waals surface area contributed by atoms with E-state index in [1.807, 2.05) is 49.5 Å². The van der Waals surface area contributed by atoms with E-state index in [9.17, 15) is 29.8 Å². The summed E-state index contributed by atoms with van der Waals surface area (Å²) in [6, 6.07) is 16.9. The molecule has 2 aliphatic rings. The molecule has 18 heteroatoms. The third-order valence-corrected chi connectivity index (χ3v) is 15.9. The van der Waals surface area contributed by atoms with Gasteiger partial charge in [-0.1, -0.05) is 93.5 Å². The molecule has 0 bridgehead atoms. The molecule has 10 atom stereocenters. The average Bonchev–Trinajstić information content (AvgIpc) is 3.20. The number of methoxy groups -OCH3 is 1. The molecule has 330 valence electrons. The molecule has 1 N–H and O–H groups in total. The summed E-state index contributed by atoms with van der Waals surface area (Å²) in [5.41, 5.74) is 11.5. The standard InChI is InChI=1S/C42H59N3O14Si/c1-25(2)42(5,6)60(8,9)59-40-32(44-45-43)35(53-22-28-16-12-10-13-17-28)34(30(56-40)24-52-31(48)21-20-26(3)46)57-41-38(55-27(4)47)36(33(49)37(58-41)39(50)51-7)54-23-29-18-14-11-15-19-29/h10-19,25,30,32-38,40-41,49H,20-24H2,1-9H3/t30-,32-,33+,34-,35-,36+,37-,38-,40+,41-/m1/s1. The average molecular weight is 858 g/mol. The molecule has 0 spiro atoms. The maximum absolute atomic E-state index is 13.2. The third-order valence-electron chi connectivity index (χ3n) is 11.4. The van der Waals surface area contributed by atoms with Gasteiger partial charge in [-0.3, -0.25) is 9.59 Å². The van der Waals surface area contributed by atoms with Crippen molar-refractivity contribution in [3.8, 4) is 0 Å². The molecule has 2 aromatic rings. The van der Waals surface area contributed by atoms with E-state index in [-0.39, 0.29) is 42.8 Å². The van der Waals surface area contributed by atoms with Gasteiger partial charge in [-0.25, -0.2) is 4.79 Å². The SMILES string of the molecule is COC(=O)[C@@H]1O[C@@H](O[C@H]2[C@H](OCc3ccccc3)[C@@H](N=[N+]=[N-])[C@H](O[Si](C)(C)C(C)(C)C(C)C)O[C@@H]2COC(=O)CCC(C)=O)[C@H](OC(C)=O)[C@@H](OCc2ccccc2)[C@@H]1O. The minimum Gasteiger partial charge on any atom is -0.467 e. The molecule has 0 aliphatic carbocycles. The number of ketones is 1. The molecule has 0 unspecified atom stereocenters. The fourth-order valence-corrected chi connectivity index (χ4v) is 9.23. The maximum Gasteiger partial charge on any atom is 0.337 e. The Hall–Kier alpha value is -4.23. The van der Waals surface area contributed by atoms with Crippen molar-refractivity contribution in [1.29, 1.82) is 0 Å². The maximum atomic E-state index is 13.2. The Morgan fingerprint density at radius 1 is 0.867 bits per heavy atom. The summed E-state index contributed by atoms with van der Waals surface area (Å²) < 4.78 is 55.4. The van der Waals surface area contributed by atoms with Crippen molar-refractivity contribution in [2.45, 2.75) is 147 Å². The van der Waals surface area contributed by atoms with Crippen LogP contribution >= 0.6 is 0 Å². The zero-order valence-corrected chi connectivity index (χ0v) is 36.8. The van der Waals surface area contributed by atoms with Crippen molar-refractivity contribution in [1.82, 2.24) is 0 Å². The number of nitrogens with zero attached hydrogens (tertiary/aromatic N) is 3. The lowest BCUT2D eigenvalue weighted by Crippen LogP contribution is -2.67. The molecule has 60 heavy (non-hydrogen) atoms. The van der Waals surface area contributed by atoms with E-state index < -0.39 is 94.2 Å². The first-order valence-electron chi connectivity index (χ1n) is 20.0. The number of azide groups is 1. The molecule has 2 saturated heterocycles. The number of benzene rings is 2. The van der Waals surface area contributed by atoms with E-state index in [0.29, 0.717) is 5.56 Å². The van der Waals surface area contributed by atoms with Gasteiger partial charge in [0.25, 0.3) is 0 Å². The first kappa shape index (κ1) is 48.4. The van der Waals surface area contributed by atoms with Crippen LogP contribution in [-0.4, -0.2) is 112 Å². The second-order valence-electron chi connectivity index (χ2n) is 16.3. The lowest BCUT2D eigenvalue weighted by Gasteiger charge is -2.51. The Balaban J connectivity index is 1.85. The van der Waals surface area contributed by atoms with Gasteiger partial charge in [0.1, 0.15) is 49.0 Å². The largest absolute Gasteiger partial charge is 0.467 e. The van der Waals surface area contributed by atoms with E-state index in [0.717, 1.165) is 19.6 Å². The summed E-state index contributed by atoms with van der Waals surface area (Å²) in [5, 5.41) is 15.3. The van der Waals surface area contributed by atoms with Crippen LogP contribution in [0.15, 0.2) is 65.8 Å². The normalized spacial score (nSPS) is 27.1. The molecule has 2 heterocycles. The summed E-state index contributed by atoms with van der Waals surface area (Å²) in [7, 11) is -1.66. The molecular weight excluding hydrogens is 799 g/mol. The second-order valence-corrected chi connectivity index (χ2v) is 20.8. The first-order chi connectivity index (χ1) is 28.4. The summed E-state index contributed by atoms with van der Waals surface area (Å²) in [5.74, 6) is -2.49. The van der Waals surface area contributed by atoms with Crippen LogP contribution in [0.4, 0.5) is 0 Å². The zero-order chi connectivity index (χ0) is 44.2. The smallest absolute Gasteiger partial charge is 0.337 e. The van der Waals surface area contributed by atoms with Gasteiger partial charge in [-0.2, -0.15) is 0 Å². The van der Waals surface area contributed by atoms with Gasteiger partial charge in [-0.05, 0) is 47.6 Å². The molecular formula is C42H59N3O14Si. The van der Waals surface area contributed by atoms with Crippen molar-refractivity contribution in [2.24, 2.45) is 11.0 Å². The summed E-state index contributed by atoms with van der Waals surface area (Å²) in [4.78, 5) is 53.7. The fraction of sp³-hybridized carbons (Fsp3) is 0.619. The fourth-order valence-electron chi connectivity index (χ4n) is 6.76. The van der Waals surface area contributed by atoms with Gasteiger partial charge in [0.05, 0.1) is 26.7 Å². The number of carbonyl (C=O) groups excluding carboxylic acids is 4. The Morgan fingerprint density at radius 2 is 1.45 bits per heavy atom. The van der Waals surface area contributed by atoms with Gasteiger partial charge in [0.15, 0.2) is 33.1 Å². The molecule has 2 aromatic carbocycles. The van der Waals surface area contributed by atoms with Gasteiger partial charge < -0.3 is 52.2 Å². The van der Waals surface area contributed by atoms with E-state index in [1.165, 1.54) is 6.92 Å². The second kappa shape index (κ2) is 22.0. The highest BCUT2D eigenvalue weighted by molar-refractivity contribution is 6.74. The number of carbonyl (C=O) groups is 4. The van der Waals surface area contributed by atoms with E-state index in [4.69, 9.17) is 42.3 Å². The van der Waals surface area contributed by atoms with Crippen LogP contribution in [-0.2, 0) is 74.7 Å². The van der Waals surface area contributed by atoms with Gasteiger partial charge in [-0.15, -0.1) is 0 Å². The molecule has 2 aliphatic heterocycles. The quantitative estimate of drug-likeness (QED) is 0.0421. The van der Waals surface area contributed by atoms with Gasteiger partial charge in [0, 0.05) is 18.3 Å². The topological polar surface area (TPSA) is 220 Å². The molecule has 4 rings (SSSR count). The Kier molecular flexibility index (Phi) is 17.8. The van der Waals surface area contributed by atoms with E-state index in [2.05, 4.69) is 37.7 Å². The number of rotatable bonds is 20. The number of aliphatic hydroxyl groups is 1. The highest BCUT2D eigenvalue weighted by atomic mass is 28.4. The highest BCUT2D eigenvalue weighted by Crippen LogP contribution is 2.46. The monoisotopic (exact) mass is 857 g/mol. The highest BCUT2D eigenvalue weighted by Gasteiger charge is 2.57. The predicted octanol–water partition coefficient (Wildman–Crippen LogP) is 5.71. The van der Waals surface area contributed by atoms with Gasteiger partial charge >= 0.3 is 17.9 Å². The van der Waals surface area contributed by atoms with Crippen LogP contribution < -0.4 is 0 Å². The van der Waals surface area contributed by atoms with E-state index >= 15 is 0 Å². The molecule has 17 nitrogen and oxygen atoms in total. The van der Waals surface area contributed by atoms with Crippen LogP contribution in [0.25, 0.3) is 10.4 Å². The molecule has 0 radical (unpaired) electrons. The third kappa shape index (κ3) is 12.7. The summed E-state index contributed by atoms with van der Waals surface area (Å²) >= 11 is 0. The Labute approximate surface area is 352 Å². The number of hydrogen-bond acceptors (Lipinski definition) is 15. The number of aliphatic hydroxyl groups excluding tert-OH is 1. The number of hydrogen-bond donors (Lipinski definition) is 1. The van der Waals surface area contributed by atoms with Crippen LogP contribution in [0.5, 0.6) is 0 Å². The first-order valence-corrected chi connectivity index (χ1v) is 22.9. The molecule has 0 saturated carbocycles. The molecule has 0 aromatic heterocycles. The van der Waals surface area contributed by atoms with Crippen molar-refractivity contribution in [3.05, 3.63) is 82.2 Å². The van der Waals surface area contributed by atoms with Crippen LogP contribution in [0.3, 0.4) is 0 Å². The van der Waals surface area contributed by atoms with Crippen molar-refractivity contribution in [3.63, 3.8) is 0 Å². The van der Waals surface area contributed by atoms with Crippen LogP contribution in [0.2, 0.25) is 18.1 Å². The van der Waals surface area contributed by atoms with Crippen molar-refractivity contribution >= 4 is 32.0 Å². The lowest BCUT2D eigenvalue weighted by atomic mass is 9.95. The summed E-state index contributed by atoms with van der Waals surface area (Å²) in [6.45, 7) is 14.4. The van der Waals surface area contributed by atoms with Crippen molar-refractivity contribution in [2.75, 3.05) is 13.7 Å². The minimum atomic E-state index is -2.77. The lowest BCUT2D eigenvalue weighted by molar-refractivity contribution is -0.346. The Morgan fingerprint density at radius 3 is 1.97 bits per heavy atom.